The lowest BCUT2D eigenvalue weighted by Crippen LogP contribution is -2.03. The Morgan fingerprint density at radius 3 is 2.42 bits per heavy atom. The molecular weight excluding hydrogens is 300 g/mol. The average molecular weight is 317 g/mol. The normalized spacial score (nSPS) is 13.3. The van der Waals surface area contributed by atoms with Gasteiger partial charge in [0.1, 0.15) is 0 Å². The van der Waals surface area contributed by atoms with E-state index in [0.717, 1.165) is 21.3 Å². The minimum Gasteiger partial charge on any atom is -0.270 e. The van der Waals surface area contributed by atoms with Crippen molar-refractivity contribution >= 4 is 27.5 Å². The third kappa shape index (κ3) is 4.79. The summed E-state index contributed by atoms with van der Waals surface area (Å²) in [6, 6.07) is 9.87. The molecule has 0 N–H and O–H groups in total. The largest absolute Gasteiger partial charge is 0.270 e. The SMILES string of the molecule is C=C/C(Br)=C\C(=C)/C(C)=N/C(=N\C)c1ccccc1. The molecule has 1 aromatic rings. The van der Waals surface area contributed by atoms with Gasteiger partial charge in [0.05, 0.1) is 0 Å². The molecule has 0 amide bonds. The van der Waals surface area contributed by atoms with Gasteiger partial charge in [-0.05, 0) is 18.6 Å². The van der Waals surface area contributed by atoms with Crippen LogP contribution in [0, 0.1) is 0 Å². The summed E-state index contributed by atoms with van der Waals surface area (Å²) in [4.78, 5) is 8.74. The molecule has 0 aliphatic heterocycles. The standard InChI is InChI=1S/C16H17BrN2/c1-5-15(17)11-12(2)13(3)19-16(18-4)14-9-7-6-8-10-14/h5-11H,1-2H2,3-4H3/b15-11+,18-16-,19-13+. The summed E-state index contributed by atoms with van der Waals surface area (Å²) in [6.07, 6.45) is 3.59. The molecule has 19 heavy (non-hydrogen) atoms. The van der Waals surface area contributed by atoms with Gasteiger partial charge in [-0.2, -0.15) is 0 Å². The second kappa shape index (κ2) is 7.64. The maximum absolute atomic E-state index is 4.52. The summed E-state index contributed by atoms with van der Waals surface area (Å²) in [5.74, 6) is 0.697. The molecule has 0 fully saturated rings. The lowest BCUT2D eigenvalue weighted by molar-refractivity contribution is 1.38. The van der Waals surface area contributed by atoms with Crippen LogP contribution in [0.1, 0.15) is 12.5 Å². The van der Waals surface area contributed by atoms with E-state index in [9.17, 15) is 0 Å². The van der Waals surface area contributed by atoms with Gasteiger partial charge in [-0.3, -0.25) is 4.99 Å². The highest BCUT2D eigenvalue weighted by atomic mass is 79.9. The molecule has 0 bridgehead atoms. The van der Waals surface area contributed by atoms with E-state index in [1.165, 1.54) is 0 Å². The number of rotatable bonds is 4. The number of aliphatic imine (C=N–C) groups is 2. The van der Waals surface area contributed by atoms with E-state index in [-0.39, 0.29) is 0 Å². The second-order valence-corrected chi connectivity index (χ2v) is 4.78. The maximum atomic E-state index is 4.52. The van der Waals surface area contributed by atoms with Crippen molar-refractivity contribution < 1.29 is 0 Å². The Hall–Kier alpha value is -1.74. The first-order chi connectivity index (χ1) is 9.08. The third-order valence-electron chi connectivity index (χ3n) is 2.49. The van der Waals surface area contributed by atoms with E-state index in [0.29, 0.717) is 5.84 Å². The average Bonchev–Trinajstić information content (AvgIpc) is 2.45. The fourth-order valence-electron chi connectivity index (χ4n) is 1.39. The molecule has 2 nitrogen and oxygen atoms in total. The summed E-state index contributed by atoms with van der Waals surface area (Å²) < 4.78 is 0.877. The number of benzene rings is 1. The third-order valence-corrected chi connectivity index (χ3v) is 3.04. The van der Waals surface area contributed by atoms with E-state index in [1.54, 1.807) is 13.1 Å². The van der Waals surface area contributed by atoms with Gasteiger partial charge in [0.25, 0.3) is 0 Å². The second-order valence-electron chi connectivity index (χ2n) is 3.87. The van der Waals surface area contributed by atoms with Crippen molar-refractivity contribution in [1.82, 2.24) is 0 Å². The van der Waals surface area contributed by atoms with E-state index in [2.05, 4.69) is 39.1 Å². The molecule has 0 spiro atoms. The van der Waals surface area contributed by atoms with Gasteiger partial charge in [-0.25, -0.2) is 4.99 Å². The molecule has 0 atom stereocenters. The highest BCUT2D eigenvalue weighted by Crippen LogP contribution is 2.11. The Bertz CT molecular complexity index is 551. The van der Waals surface area contributed by atoms with Crippen LogP contribution in [-0.4, -0.2) is 18.6 Å². The molecule has 0 unspecified atom stereocenters. The zero-order chi connectivity index (χ0) is 14.3. The quantitative estimate of drug-likeness (QED) is 0.442. The Labute approximate surface area is 123 Å². The van der Waals surface area contributed by atoms with Gasteiger partial charge in [-0.15, -0.1) is 0 Å². The van der Waals surface area contributed by atoms with Crippen molar-refractivity contribution in [3.63, 3.8) is 0 Å². The van der Waals surface area contributed by atoms with Gasteiger partial charge >= 0.3 is 0 Å². The zero-order valence-electron chi connectivity index (χ0n) is 11.2. The molecule has 0 radical (unpaired) electrons. The van der Waals surface area contributed by atoms with Crippen molar-refractivity contribution in [2.24, 2.45) is 9.98 Å². The smallest absolute Gasteiger partial charge is 0.154 e. The lowest BCUT2D eigenvalue weighted by Gasteiger charge is -2.04. The Balaban J connectivity index is 3.00. The van der Waals surface area contributed by atoms with Crippen molar-refractivity contribution in [2.75, 3.05) is 7.05 Å². The number of hydrogen-bond acceptors (Lipinski definition) is 1. The van der Waals surface area contributed by atoms with Crippen LogP contribution < -0.4 is 0 Å². The monoisotopic (exact) mass is 316 g/mol. The van der Waals surface area contributed by atoms with E-state index in [1.807, 2.05) is 43.3 Å². The summed E-state index contributed by atoms with van der Waals surface area (Å²) >= 11 is 3.37. The number of hydrogen-bond donors (Lipinski definition) is 0. The maximum Gasteiger partial charge on any atom is 0.154 e. The van der Waals surface area contributed by atoms with Gasteiger partial charge in [0.2, 0.25) is 0 Å². The van der Waals surface area contributed by atoms with Crippen molar-refractivity contribution in [1.29, 1.82) is 0 Å². The van der Waals surface area contributed by atoms with Crippen LogP contribution in [0.3, 0.4) is 0 Å². The Kier molecular flexibility index (Phi) is 6.16. The van der Waals surface area contributed by atoms with Crippen LogP contribution >= 0.6 is 15.9 Å². The minimum absolute atomic E-state index is 0.697. The molecule has 0 aliphatic carbocycles. The van der Waals surface area contributed by atoms with E-state index < -0.39 is 0 Å². The highest BCUT2D eigenvalue weighted by molar-refractivity contribution is 9.11. The summed E-state index contributed by atoms with van der Waals surface area (Å²) in [7, 11) is 1.73. The molecule has 0 saturated heterocycles. The molecule has 1 aromatic carbocycles. The molecule has 98 valence electrons. The van der Waals surface area contributed by atoms with Gasteiger partial charge < -0.3 is 0 Å². The molecule has 3 heteroatoms. The van der Waals surface area contributed by atoms with Crippen LogP contribution in [0.25, 0.3) is 0 Å². The van der Waals surface area contributed by atoms with Gasteiger partial charge in [0, 0.05) is 22.8 Å². The van der Waals surface area contributed by atoms with Crippen LogP contribution in [0.15, 0.2) is 75.7 Å². The first-order valence-electron chi connectivity index (χ1n) is 5.85. The lowest BCUT2D eigenvalue weighted by atomic mass is 10.1. The molecule has 0 aliphatic rings. The van der Waals surface area contributed by atoms with Crippen molar-refractivity contribution in [3.8, 4) is 0 Å². The van der Waals surface area contributed by atoms with Crippen LogP contribution in [0.2, 0.25) is 0 Å². The molecule has 0 saturated carbocycles. The molecule has 1 rings (SSSR count). The predicted molar refractivity (Wildman–Crippen MR) is 88.4 cm³/mol. The number of halogens is 1. The summed E-state index contributed by atoms with van der Waals surface area (Å²) in [5.41, 5.74) is 2.64. The van der Waals surface area contributed by atoms with Crippen LogP contribution in [0.4, 0.5) is 0 Å². The number of amidine groups is 1. The fraction of sp³-hybridized carbons (Fsp3) is 0.125. The Morgan fingerprint density at radius 1 is 1.26 bits per heavy atom. The Morgan fingerprint density at radius 2 is 1.89 bits per heavy atom. The molecule has 0 heterocycles. The zero-order valence-corrected chi connectivity index (χ0v) is 12.8. The predicted octanol–water partition coefficient (Wildman–Crippen LogP) is 4.54. The first kappa shape index (κ1) is 15.3. The molecular formula is C16H17BrN2. The van der Waals surface area contributed by atoms with Crippen molar-refractivity contribution in [3.05, 3.63) is 71.3 Å². The highest BCUT2D eigenvalue weighted by Gasteiger charge is 2.02. The number of nitrogens with zero attached hydrogens (tertiary/aromatic N) is 2. The van der Waals surface area contributed by atoms with Gasteiger partial charge in [-0.1, -0.05) is 65.5 Å². The topological polar surface area (TPSA) is 24.7 Å². The fourth-order valence-corrected chi connectivity index (χ4v) is 1.67. The summed E-state index contributed by atoms with van der Waals surface area (Å²) in [5, 5.41) is 0. The summed E-state index contributed by atoms with van der Waals surface area (Å²) in [6.45, 7) is 9.57. The molecule has 0 aromatic heterocycles. The van der Waals surface area contributed by atoms with Crippen LogP contribution in [0.5, 0.6) is 0 Å². The van der Waals surface area contributed by atoms with Gasteiger partial charge in [0.15, 0.2) is 5.84 Å². The number of allylic oxidation sites excluding steroid dienone is 4. The van der Waals surface area contributed by atoms with E-state index >= 15 is 0 Å². The van der Waals surface area contributed by atoms with Crippen LogP contribution in [-0.2, 0) is 0 Å². The first-order valence-corrected chi connectivity index (χ1v) is 6.64. The van der Waals surface area contributed by atoms with Crippen molar-refractivity contribution in [2.45, 2.75) is 6.92 Å². The van der Waals surface area contributed by atoms with E-state index in [4.69, 9.17) is 0 Å². The minimum atomic E-state index is 0.697.